The van der Waals surface area contributed by atoms with Crippen molar-refractivity contribution in [3.63, 3.8) is 0 Å². The molecule has 2 amide bonds. The lowest BCUT2D eigenvalue weighted by Gasteiger charge is -2.31. The highest BCUT2D eigenvalue weighted by Crippen LogP contribution is 2.18. The molecule has 0 aromatic carbocycles. The molecule has 0 bridgehead atoms. The van der Waals surface area contributed by atoms with Gasteiger partial charge < -0.3 is 9.47 Å². The summed E-state index contributed by atoms with van der Waals surface area (Å²) in [6.45, 7) is 5.05. The van der Waals surface area contributed by atoms with Gasteiger partial charge in [-0.2, -0.15) is 0 Å². The Labute approximate surface area is 106 Å². The molecule has 1 rings (SSSR count). The van der Waals surface area contributed by atoms with Crippen molar-refractivity contribution in [3.05, 3.63) is 12.2 Å². The van der Waals surface area contributed by atoms with Gasteiger partial charge in [0.25, 0.3) is 5.91 Å². The molecular formula is C12H17NO5. The summed E-state index contributed by atoms with van der Waals surface area (Å²) in [4.78, 5) is 35.9. The van der Waals surface area contributed by atoms with Gasteiger partial charge in [-0.3, -0.25) is 4.79 Å². The van der Waals surface area contributed by atoms with Crippen molar-refractivity contribution in [1.29, 1.82) is 0 Å². The fourth-order valence-corrected chi connectivity index (χ4v) is 1.50. The Balaban J connectivity index is 2.93. The van der Waals surface area contributed by atoms with E-state index in [1.54, 1.807) is 20.8 Å². The van der Waals surface area contributed by atoms with Crippen LogP contribution in [-0.2, 0) is 19.1 Å². The van der Waals surface area contributed by atoms with Crippen LogP contribution in [0, 0.1) is 0 Å². The Bertz CT molecular complexity index is 394. The molecule has 0 spiro atoms. The number of esters is 1. The van der Waals surface area contributed by atoms with Crippen molar-refractivity contribution in [3.8, 4) is 0 Å². The maximum atomic E-state index is 11.9. The zero-order valence-electron chi connectivity index (χ0n) is 10.9. The third-order valence-corrected chi connectivity index (χ3v) is 2.23. The van der Waals surface area contributed by atoms with Crippen molar-refractivity contribution in [2.45, 2.75) is 38.8 Å². The largest absolute Gasteiger partial charge is 0.467 e. The number of carbonyl (C=O) groups is 3. The molecule has 0 saturated carbocycles. The van der Waals surface area contributed by atoms with E-state index in [0.29, 0.717) is 0 Å². The van der Waals surface area contributed by atoms with Crippen LogP contribution in [0.4, 0.5) is 4.79 Å². The number of ether oxygens (including phenoxy) is 2. The topological polar surface area (TPSA) is 72.9 Å². The molecule has 18 heavy (non-hydrogen) atoms. The quantitative estimate of drug-likeness (QED) is 0.659. The normalized spacial score (nSPS) is 19.7. The van der Waals surface area contributed by atoms with Crippen LogP contribution in [0.15, 0.2) is 12.2 Å². The third-order valence-electron chi connectivity index (χ3n) is 2.23. The van der Waals surface area contributed by atoms with Crippen LogP contribution in [0.3, 0.4) is 0 Å². The first-order valence-corrected chi connectivity index (χ1v) is 5.57. The van der Waals surface area contributed by atoms with Crippen LogP contribution in [0.5, 0.6) is 0 Å². The van der Waals surface area contributed by atoms with Crippen molar-refractivity contribution >= 4 is 18.0 Å². The Morgan fingerprint density at radius 2 is 2.00 bits per heavy atom. The maximum Gasteiger partial charge on any atom is 0.418 e. The van der Waals surface area contributed by atoms with E-state index in [-0.39, 0.29) is 6.42 Å². The number of rotatable bonds is 1. The van der Waals surface area contributed by atoms with E-state index in [1.807, 2.05) is 0 Å². The number of imide groups is 1. The minimum atomic E-state index is -0.956. The van der Waals surface area contributed by atoms with Crippen LogP contribution >= 0.6 is 0 Å². The van der Waals surface area contributed by atoms with E-state index >= 15 is 0 Å². The van der Waals surface area contributed by atoms with Crippen LogP contribution in [0.1, 0.15) is 27.2 Å². The molecule has 0 radical (unpaired) electrons. The molecular weight excluding hydrogens is 238 g/mol. The number of nitrogens with zero attached hydrogens (tertiary/aromatic N) is 1. The molecule has 1 aliphatic rings. The third kappa shape index (κ3) is 3.32. The zero-order chi connectivity index (χ0) is 13.9. The Kier molecular flexibility index (Phi) is 4.11. The summed E-state index contributed by atoms with van der Waals surface area (Å²) in [5.41, 5.74) is -0.737. The minimum absolute atomic E-state index is 0.234. The van der Waals surface area contributed by atoms with Gasteiger partial charge in [-0.05, 0) is 33.3 Å². The second kappa shape index (κ2) is 5.20. The van der Waals surface area contributed by atoms with Gasteiger partial charge in [-0.1, -0.05) is 6.08 Å². The highest BCUT2D eigenvalue weighted by molar-refractivity contribution is 6.03. The lowest BCUT2D eigenvalue weighted by Crippen LogP contribution is -2.51. The highest BCUT2D eigenvalue weighted by atomic mass is 16.6. The lowest BCUT2D eigenvalue weighted by atomic mass is 10.1. The van der Waals surface area contributed by atoms with Gasteiger partial charge in [0.15, 0.2) is 0 Å². The van der Waals surface area contributed by atoms with E-state index in [4.69, 9.17) is 4.74 Å². The van der Waals surface area contributed by atoms with Crippen LogP contribution in [-0.4, -0.2) is 41.6 Å². The fraction of sp³-hybridized carbons (Fsp3) is 0.583. The summed E-state index contributed by atoms with van der Waals surface area (Å²) in [6.07, 6.45) is 2.17. The standard InChI is InChI=1S/C12H17NO5/c1-12(2,3)18-11(16)13-8(10(15)17-4)6-5-7-9(13)14/h5,7-8H,6H2,1-4H3/t8-/m0/s1. The highest BCUT2D eigenvalue weighted by Gasteiger charge is 2.38. The molecule has 0 unspecified atom stereocenters. The van der Waals surface area contributed by atoms with Crippen LogP contribution < -0.4 is 0 Å². The fourth-order valence-electron chi connectivity index (χ4n) is 1.50. The predicted molar refractivity (Wildman–Crippen MR) is 62.6 cm³/mol. The Morgan fingerprint density at radius 1 is 1.39 bits per heavy atom. The summed E-state index contributed by atoms with van der Waals surface area (Å²) in [5, 5.41) is 0. The summed E-state index contributed by atoms with van der Waals surface area (Å²) in [5.74, 6) is -1.22. The van der Waals surface area contributed by atoms with Crippen LogP contribution in [0.2, 0.25) is 0 Å². The number of carbonyl (C=O) groups excluding carboxylic acids is 3. The molecule has 0 fully saturated rings. The van der Waals surface area contributed by atoms with Crippen LogP contribution in [0.25, 0.3) is 0 Å². The molecule has 1 heterocycles. The average molecular weight is 255 g/mol. The zero-order valence-corrected chi connectivity index (χ0v) is 10.9. The second-order valence-corrected chi connectivity index (χ2v) is 4.87. The van der Waals surface area contributed by atoms with E-state index in [0.717, 1.165) is 4.90 Å². The summed E-state index contributed by atoms with van der Waals surface area (Å²) >= 11 is 0. The number of methoxy groups -OCH3 is 1. The van der Waals surface area contributed by atoms with Gasteiger partial charge in [-0.15, -0.1) is 0 Å². The second-order valence-electron chi connectivity index (χ2n) is 4.87. The minimum Gasteiger partial charge on any atom is -0.467 e. The van der Waals surface area contributed by atoms with Gasteiger partial charge in [0.2, 0.25) is 0 Å². The predicted octanol–water partition coefficient (Wildman–Crippen LogP) is 1.25. The van der Waals surface area contributed by atoms with Gasteiger partial charge in [0.1, 0.15) is 11.6 Å². The van der Waals surface area contributed by atoms with Crippen molar-refractivity contribution in [1.82, 2.24) is 4.90 Å². The first-order chi connectivity index (χ1) is 8.26. The van der Waals surface area contributed by atoms with E-state index in [1.165, 1.54) is 19.3 Å². The molecule has 0 aromatic heterocycles. The van der Waals surface area contributed by atoms with Crippen molar-refractivity contribution < 1.29 is 23.9 Å². The number of amides is 2. The molecule has 0 N–H and O–H groups in total. The van der Waals surface area contributed by atoms with Gasteiger partial charge >= 0.3 is 12.1 Å². The van der Waals surface area contributed by atoms with Gasteiger partial charge in [-0.25, -0.2) is 14.5 Å². The summed E-state index contributed by atoms with van der Waals surface area (Å²) in [7, 11) is 1.21. The molecule has 0 aliphatic carbocycles. The molecule has 0 aromatic rings. The Morgan fingerprint density at radius 3 is 2.50 bits per heavy atom. The lowest BCUT2D eigenvalue weighted by molar-refractivity contribution is -0.151. The van der Waals surface area contributed by atoms with Gasteiger partial charge in [0, 0.05) is 0 Å². The maximum absolute atomic E-state index is 11.9. The average Bonchev–Trinajstić information content (AvgIpc) is 2.25. The molecule has 100 valence electrons. The van der Waals surface area contributed by atoms with Crippen molar-refractivity contribution in [2.75, 3.05) is 7.11 Å². The van der Waals surface area contributed by atoms with E-state index in [2.05, 4.69) is 4.74 Å². The number of hydrogen-bond acceptors (Lipinski definition) is 5. The monoisotopic (exact) mass is 255 g/mol. The molecule has 1 atom stereocenters. The van der Waals surface area contributed by atoms with E-state index in [9.17, 15) is 14.4 Å². The Hall–Kier alpha value is -1.85. The smallest absolute Gasteiger partial charge is 0.418 e. The van der Waals surface area contributed by atoms with Gasteiger partial charge in [0.05, 0.1) is 7.11 Å². The first kappa shape index (κ1) is 14.2. The van der Waals surface area contributed by atoms with E-state index < -0.39 is 29.6 Å². The number of hydrogen-bond donors (Lipinski definition) is 0. The summed E-state index contributed by atoms with van der Waals surface area (Å²) < 4.78 is 9.67. The SMILES string of the molecule is COC(=O)[C@@H]1CC=CC(=O)N1C(=O)OC(C)(C)C. The summed E-state index contributed by atoms with van der Waals surface area (Å²) in [6, 6.07) is -0.956. The molecule has 6 nitrogen and oxygen atoms in total. The molecule has 0 saturated heterocycles. The van der Waals surface area contributed by atoms with Crippen molar-refractivity contribution in [2.24, 2.45) is 0 Å². The molecule has 6 heteroatoms. The first-order valence-electron chi connectivity index (χ1n) is 5.57. The molecule has 1 aliphatic heterocycles.